The normalized spacial score (nSPS) is 13.9. The number of hydrogen-bond donors (Lipinski definition) is 2. The molecule has 0 saturated carbocycles. The lowest BCUT2D eigenvalue weighted by Gasteiger charge is -2.12. The van der Waals surface area contributed by atoms with Crippen molar-refractivity contribution in [2.45, 2.75) is 23.6 Å². The van der Waals surface area contributed by atoms with Gasteiger partial charge in [-0.2, -0.15) is 24.5 Å². The summed E-state index contributed by atoms with van der Waals surface area (Å²) in [6, 6.07) is 5.23. The Morgan fingerprint density at radius 2 is 2.00 bits per heavy atom. The average molecular weight is 365 g/mol. The Labute approximate surface area is 135 Å². The van der Waals surface area contributed by atoms with Crippen LogP contribution in [0.15, 0.2) is 46.0 Å². The summed E-state index contributed by atoms with van der Waals surface area (Å²) in [7, 11) is -4.07. The molecule has 1 heterocycles. The van der Waals surface area contributed by atoms with Gasteiger partial charge in [0.15, 0.2) is 0 Å². The van der Waals surface area contributed by atoms with Gasteiger partial charge < -0.3 is 5.11 Å². The van der Waals surface area contributed by atoms with E-state index in [2.05, 4.69) is 4.72 Å². The maximum Gasteiger partial charge on any atom is 0.416 e. The highest BCUT2D eigenvalue weighted by molar-refractivity contribution is 7.89. The van der Waals surface area contributed by atoms with E-state index in [-0.39, 0.29) is 13.0 Å². The zero-order valence-corrected chi connectivity index (χ0v) is 13.4. The van der Waals surface area contributed by atoms with Crippen molar-refractivity contribution >= 4 is 21.4 Å². The molecule has 0 fully saturated rings. The SMILES string of the molecule is O=S(=O)(NCCC(O)c1ccsc1)c1cccc(C(F)(F)F)c1. The maximum absolute atomic E-state index is 12.6. The smallest absolute Gasteiger partial charge is 0.388 e. The summed E-state index contributed by atoms with van der Waals surface area (Å²) in [6.45, 7) is -0.0877. The standard InChI is InChI=1S/C14H14F3NO3S2/c15-14(16,17)11-2-1-3-12(8-11)23(20,21)18-6-4-13(19)10-5-7-22-9-10/h1-3,5,7-9,13,18-19H,4,6H2. The minimum absolute atomic E-state index is 0.0877. The Hall–Kier alpha value is -1.42. The fourth-order valence-corrected chi connectivity index (χ4v) is 3.68. The topological polar surface area (TPSA) is 66.4 Å². The van der Waals surface area contributed by atoms with E-state index in [9.17, 15) is 26.7 Å². The number of benzene rings is 1. The Balaban J connectivity index is 2.02. The molecule has 0 bridgehead atoms. The molecule has 0 aliphatic rings. The molecule has 0 spiro atoms. The van der Waals surface area contributed by atoms with Crippen LogP contribution in [0.3, 0.4) is 0 Å². The van der Waals surface area contributed by atoms with Crippen molar-refractivity contribution in [3.05, 3.63) is 52.2 Å². The quantitative estimate of drug-likeness (QED) is 0.826. The van der Waals surface area contributed by atoms with Crippen LogP contribution >= 0.6 is 11.3 Å². The summed E-state index contributed by atoms with van der Waals surface area (Å²) in [5.74, 6) is 0. The highest BCUT2D eigenvalue weighted by Gasteiger charge is 2.31. The minimum atomic E-state index is -4.61. The Morgan fingerprint density at radius 1 is 1.26 bits per heavy atom. The van der Waals surface area contributed by atoms with Crippen molar-refractivity contribution in [3.8, 4) is 0 Å². The van der Waals surface area contributed by atoms with Crippen LogP contribution in [0.2, 0.25) is 0 Å². The van der Waals surface area contributed by atoms with Gasteiger partial charge in [0.2, 0.25) is 10.0 Å². The van der Waals surface area contributed by atoms with Crippen LogP contribution in [0.5, 0.6) is 0 Å². The zero-order chi connectivity index (χ0) is 17.1. The van der Waals surface area contributed by atoms with Gasteiger partial charge in [0.1, 0.15) is 0 Å². The van der Waals surface area contributed by atoms with Crippen molar-refractivity contribution < 1.29 is 26.7 Å². The second kappa shape index (κ2) is 7.00. The molecule has 2 aromatic rings. The van der Waals surface area contributed by atoms with Crippen LogP contribution in [-0.2, 0) is 16.2 Å². The molecule has 1 aromatic carbocycles. The molecule has 9 heteroatoms. The highest BCUT2D eigenvalue weighted by Crippen LogP contribution is 2.30. The third-order valence-electron chi connectivity index (χ3n) is 3.11. The number of halogens is 3. The van der Waals surface area contributed by atoms with Crippen molar-refractivity contribution in [1.82, 2.24) is 4.72 Å². The van der Waals surface area contributed by atoms with E-state index in [4.69, 9.17) is 0 Å². The highest BCUT2D eigenvalue weighted by atomic mass is 32.2. The van der Waals surface area contributed by atoms with Crippen molar-refractivity contribution in [3.63, 3.8) is 0 Å². The van der Waals surface area contributed by atoms with Gasteiger partial charge in [-0.15, -0.1) is 0 Å². The molecule has 1 unspecified atom stereocenters. The molecule has 0 aliphatic heterocycles. The van der Waals surface area contributed by atoms with Gasteiger partial charge in [-0.1, -0.05) is 6.07 Å². The molecule has 23 heavy (non-hydrogen) atoms. The first kappa shape index (κ1) is 17.9. The van der Waals surface area contributed by atoms with E-state index in [1.165, 1.54) is 11.3 Å². The number of sulfonamides is 1. The number of hydrogen-bond acceptors (Lipinski definition) is 4. The Kier molecular flexibility index (Phi) is 5.45. The maximum atomic E-state index is 12.6. The minimum Gasteiger partial charge on any atom is -0.388 e. The second-order valence-corrected chi connectivity index (χ2v) is 7.33. The van der Waals surface area contributed by atoms with Crippen LogP contribution in [0, 0.1) is 0 Å². The Bertz CT molecular complexity index is 743. The van der Waals surface area contributed by atoms with E-state index in [0.29, 0.717) is 11.6 Å². The number of thiophene rings is 1. The number of rotatable bonds is 6. The summed E-state index contributed by atoms with van der Waals surface area (Å²) >= 11 is 1.40. The van der Waals surface area contributed by atoms with E-state index < -0.39 is 32.8 Å². The van der Waals surface area contributed by atoms with Crippen LogP contribution in [0.4, 0.5) is 13.2 Å². The molecular weight excluding hydrogens is 351 g/mol. The first-order valence-electron chi connectivity index (χ1n) is 6.57. The molecule has 2 rings (SSSR count). The molecule has 0 saturated heterocycles. The summed E-state index contributed by atoms with van der Waals surface area (Å²) in [4.78, 5) is -0.461. The predicted octanol–water partition coefficient (Wildman–Crippen LogP) is 3.17. The largest absolute Gasteiger partial charge is 0.416 e. The van der Waals surface area contributed by atoms with Gasteiger partial charge in [0.05, 0.1) is 16.6 Å². The number of aliphatic hydroxyl groups excluding tert-OH is 1. The van der Waals surface area contributed by atoms with Crippen LogP contribution in [-0.4, -0.2) is 20.1 Å². The molecule has 1 aromatic heterocycles. The van der Waals surface area contributed by atoms with E-state index in [1.807, 2.05) is 0 Å². The van der Waals surface area contributed by atoms with Crippen molar-refractivity contribution in [2.75, 3.05) is 6.54 Å². The number of alkyl halides is 3. The zero-order valence-electron chi connectivity index (χ0n) is 11.7. The van der Waals surface area contributed by atoms with E-state index in [0.717, 1.165) is 18.2 Å². The van der Waals surface area contributed by atoms with Gasteiger partial charge in [0, 0.05) is 6.54 Å². The first-order valence-corrected chi connectivity index (χ1v) is 9.00. The molecule has 126 valence electrons. The molecule has 0 aliphatic carbocycles. The predicted molar refractivity (Wildman–Crippen MR) is 80.5 cm³/mol. The lowest BCUT2D eigenvalue weighted by molar-refractivity contribution is -0.137. The van der Waals surface area contributed by atoms with Gasteiger partial charge in [-0.25, -0.2) is 13.1 Å². The fraction of sp³-hybridized carbons (Fsp3) is 0.286. The monoisotopic (exact) mass is 365 g/mol. The molecule has 1 atom stereocenters. The van der Waals surface area contributed by atoms with Gasteiger partial charge in [-0.3, -0.25) is 0 Å². The third-order valence-corrected chi connectivity index (χ3v) is 5.27. The summed E-state index contributed by atoms with van der Waals surface area (Å²) in [5.41, 5.74) is -0.355. The van der Waals surface area contributed by atoms with Crippen LogP contribution in [0.25, 0.3) is 0 Å². The Morgan fingerprint density at radius 3 is 2.61 bits per heavy atom. The lowest BCUT2D eigenvalue weighted by Crippen LogP contribution is -2.26. The molecular formula is C14H14F3NO3S2. The lowest BCUT2D eigenvalue weighted by atomic mass is 10.1. The van der Waals surface area contributed by atoms with Crippen LogP contribution in [0.1, 0.15) is 23.7 Å². The summed E-state index contributed by atoms with van der Waals surface area (Å²) in [5, 5.41) is 13.4. The molecule has 2 N–H and O–H groups in total. The van der Waals surface area contributed by atoms with Gasteiger partial charge in [0.25, 0.3) is 0 Å². The number of aliphatic hydroxyl groups is 1. The first-order chi connectivity index (χ1) is 10.7. The van der Waals surface area contributed by atoms with E-state index >= 15 is 0 Å². The average Bonchev–Trinajstić information content (AvgIpc) is 3.00. The second-order valence-electron chi connectivity index (χ2n) is 4.78. The fourth-order valence-electron chi connectivity index (χ4n) is 1.88. The summed E-state index contributed by atoms with van der Waals surface area (Å²) < 4.78 is 64.1. The number of nitrogens with one attached hydrogen (secondary N) is 1. The van der Waals surface area contributed by atoms with E-state index in [1.54, 1.807) is 16.8 Å². The van der Waals surface area contributed by atoms with Gasteiger partial charge >= 0.3 is 6.18 Å². The van der Waals surface area contributed by atoms with Crippen molar-refractivity contribution in [2.24, 2.45) is 0 Å². The molecule has 4 nitrogen and oxygen atoms in total. The van der Waals surface area contributed by atoms with Crippen LogP contribution < -0.4 is 4.72 Å². The molecule has 0 amide bonds. The third kappa shape index (κ3) is 4.77. The summed E-state index contributed by atoms with van der Waals surface area (Å²) in [6.07, 6.45) is -5.32. The van der Waals surface area contributed by atoms with Crippen molar-refractivity contribution in [1.29, 1.82) is 0 Å². The molecule has 0 radical (unpaired) electrons. The van der Waals surface area contributed by atoms with Gasteiger partial charge in [-0.05, 0) is 47.0 Å².